The third-order valence-electron chi connectivity index (χ3n) is 2.10. The Morgan fingerprint density at radius 2 is 2.07 bits per heavy atom. The number of carbonyl (C=O) groups excluding carboxylic acids is 1. The number of esters is 1. The van der Waals surface area contributed by atoms with Crippen LogP contribution < -0.4 is 0 Å². The van der Waals surface area contributed by atoms with Gasteiger partial charge < -0.3 is 18.7 Å². The van der Waals surface area contributed by atoms with Gasteiger partial charge in [-0.3, -0.25) is 0 Å². The Morgan fingerprint density at radius 3 is 2.47 bits per heavy atom. The molecule has 0 amide bonds. The number of hydrogen-bond acceptors (Lipinski definition) is 5. The van der Waals surface area contributed by atoms with E-state index < -0.39 is 14.5 Å². The summed E-state index contributed by atoms with van der Waals surface area (Å²) in [6, 6.07) is 0.584. The molecule has 0 aromatic rings. The van der Waals surface area contributed by atoms with E-state index in [0.717, 1.165) is 6.08 Å². The fourth-order valence-electron chi connectivity index (χ4n) is 1.07. The molecule has 0 fully saturated rings. The van der Waals surface area contributed by atoms with Crippen molar-refractivity contribution in [2.75, 3.05) is 27.1 Å². The smallest absolute Gasteiger partial charge is 0.364 e. The first-order valence-electron chi connectivity index (χ1n) is 4.64. The minimum atomic E-state index is -2.46. The lowest BCUT2D eigenvalue weighted by Crippen LogP contribution is -2.44. The molecular weight excluding hydrogens is 216 g/mol. The number of hydrogen-bond donors (Lipinski definition) is 1. The SMILES string of the molecule is C=CC(=O)OCCC[Si](CO)(OC)OC. The van der Waals surface area contributed by atoms with Crippen LogP contribution in [0.15, 0.2) is 12.7 Å². The third kappa shape index (κ3) is 5.08. The van der Waals surface area contributed by atoms with Gasteiger partial charge in [0.2, 0.25) is 0 Å². The Hall–Kier alpha value is -0.693. The summed E-state index contributed by atoms with van der Waals surface area (Å²) in [5.41, 5.74) is 0. The standard InChI is InChI=1S/C9H18O5Si/c1-4-9(11)14-6-5-7-15(8-10,12-2)13-3/h4,10H,1,5-8H2,2-3H3. The summed E-state index contributed by atoms with van der Waals surface area (Å²) in [5.74, 6) is -0.443. The number of aliphatic hydroxyl groups excluding tert-OH is 1. The van der Waals surface area contributed by atoms with E-state index in [1.165, 1.54) is 14.2 Å². The highest BCUT2D eigenvalue weighted by atomic mass is 28.4. The minimum absolute atomic E-state index is 0.102. The molecule has 0 bridgehead atoms. The lowest BCUT2D eigenvalue weighted by Gasteiger charge is -2.24. The monoisotopic (exact) mass is 234 g/mol. The van der Waals surface area contributed by atoms with Crippen molar-refractivity contribution in [3.05, 3.63) is 12.7 Å². The van der Waals surface area contributed by atoms with Gasteiger partial charge in [-0.05, 0) is 12.5 Å². The first-order chi connectivity index (χ1) is 7.14. The number of carbonyl (C=O) groups is 1. The van der Waals surface area contributed by atoms with Gasteiger partial charge in [-0.25, -0.2) is 4.79 Å². The lowest BCUT2D eigenvalue weighted by molar-refractivity contribution is -0.137. The van der Waals surface area contributed by atoms with Crippen molar-refractivity contribution in [3.8, 4) is 0 Å². The first kappa shape index (κ1) is 14.3. The zero-order valence-corrected chi connectivity index (χ0v) is 10.2. The Bertz CT molecular complexity index is 194. The molecule has 0 aliphatic rings. The highest BCUT2D eigenvalue weighted by Gasteiger charge is 2.34. The van der Waals surface area contributed by atoms with Gasteiger partial charge in [-0.2, -0.15) is 0 Å². The second kappa shape index (κ2) is 7.58. The van der Waals surface area contributed by atoms with Crippen molar-refractivity contribution in [2.45, 2.75) is 12.5 Å². The van der Waals surface area contributed by atoms with Crippen LogP contribution in [0.1, 0.15) is 6.42 Å². The Kier molecular flexibility index (Phi) is 7.23. The average molecular weight is 234 g/mol. The highest BCUT2D eigenvalue weighted by molar-refractivity contribution is 6.67. The topological polar surface area (TPSA) is 65.0 Å². The summed E-state index contributed by atoms with van der Waals surface area (Å²) in [5, 5.41) is 9.12. The van der Waals surface area contributed by atoms with Crippen LogP contribution in [0, 0.1) is 0 Å². The van der Waals surface area contributed by atoms with Crippen molar-refractivity contribution >= 4 is 14.5 Å². The van der Waals surface area contributed by atoms with Crippen molar-refractivity contribution in [2.24, 2.45) is 0 Å². The van der Waals surface area contributed by atoms with Gasteiger partial charge >= 0.3 is 14.5 Å². The van der Waals surface area contributed by atoms with Gasteiger partial charge in [0.25, 0.3) is 0 Å². The highest BCUT2D eigenvalue weighted by Crippen LogP contribution is 2.13. The summed E-state index contributed by atoms with van der Waals surface area (Å²) in [6.45, 7) is 3.57. The number of aliphatic hydroxyl groups is 1. The molecule has 0 saturated heterocycles. The molecule has 0 heterocycles. The second-order valence-electron chi connectivity index (χ2n) is 2.95. The maximum absolute atomic E-state index is 10.7. The Labute approximate surface area is 90.9 Å². The molecule has 88 valence electrons. The number of ether oxygens (including phenoxy) is 1. The van der Waals surface area contributed by atoms with E-state index >= 15 is 0 Å². The van der Waals surface area contributed by atoms with E-state index in [1.54, 1.807) is 0 Å². The van der Waals surface area contributed by atoms with E-state index in [0.29, 0.717) is 12.5 Å². The maximum Gasteiger partial charge on any atom is 0.364 e. The van der Waals surface area contributed by atoms with Gasteiger partial charge in [0, 0.05) is 20.3 Å². The zero-order valence-electron chi connectivity index (χ0n) is 9.19. The third-order valence-corrected chi connectivity index (χ3v) is 5.18. The molecule has 0 saturated carbocycles. The van der Waals surface area contributed by atoms with Gasteiger partial charge in [-0.15, -0.1) is 0 Å². The summed E-state index contributed by atoms with van der Waals surface area (Å²) in [4.78, 5) is 10.7. The zero-order chi connectivity index (χ0) is 11.7. The Balaban J connectivity index is 3.81. The van der Waals surface area contributed by atoms with Crippen molar-refractivity contribution < 1.29 is 23.5 Å². The molecule has 5 nitrogen and oxygen atoms in total. The molecule has 15 heavy (non-hydrogen) atoms. The van der Waals surface area contributed by atoms with Crippen LogP contribution in [-0.2, 0) is 18.4 Å². The van der Waals surface area contributed by atoms with E-state index in [2.05, 4.69) is 6.58 Å². The van der Waals surface area contributed by atoms with Gasteiger partial charge in [0.05, 0.1) is 12.8 Å². The van der Waals surface area contributed by atoms with Crippen LogP contribution in [0.4, 0.5) is 0 Å². The van der Waals surface area contributed by atoms with Gasteiger partial charge in [0.1, 0.15) is 0 Å². The second-order valence-corrected chi connectivity index (χ2v) is 6.41. The van der Waals surface area contributed by atoms with Crippen LogP contribution in [0.5, 0.6) is 0 Å². The minimum Gasteiger partial charge on any atom is -0.463 e. The number of rotatable bonds is 8. The van der Waals surface area contributed by atoms with E-state index in [-0.39, 0.29) is 12.8 Å². The van der Waals surface area contributed by atoms with E-state index in [1.807, 2.05) is 0 Å². The van der Waals surface area contributed by atoms with Crippen LogP contribution in [0.3, 0.4) is 0 Å². The molecule has 0 rings (SSSR count). The average Bonchev–Trinajstić information content (AvgIpc) is 2.30. The van der Waals surface area contributed by atoms with Crippen molar-refractivity contribution in [3.63, 3.8) is 0 Å². The molecule has 0 aliphatic carbocycles. The molecule has 0 unspecified atom stereocenters. The van der Waals surface area contributed by atoms with Crippen LogP contribution >= 0.6 is 0 Å². The molecule has 6 heteroatoms. The Morgan fingerprint density at radius 1 is 1.47 bits per heavy atom. The predicted octanol–water partition coefficient (Wildman–Crippen LogP) is 0.372. The molecule has 0 radical (unpaired) electrons. The maximum atomic E-state index is 10.7. The quantitative estimate of drug-likeness (QED) is 0.284. The predicted molar refractivity (Wildman–Crippen MR) is 57.4 cm³/mol. The fraction of sp³-hybridized carbons (Fsp3) is 0.667. The van der Waals surface area contributed by atoms with Crippen LogP contribution in [0.2, 0.25) is 6.04 Å². The lowest BCUT2D eigenvalue weighted by atomic mass is 10.5. The van der Waals surface area contributed by atoms with E-state index in [4.69, 9.17) is 18.7 Å². The molecule has 0 spiro atoms. The molecule has 0 atom stereocenters. The van der Waals surface area contributed by atoms with Gasteiger partial charge in [-0.1, -0.05) is 6.58 Å². The largest absolute Gasteiger partial charge is 0.463 e. The van der Waals surface area contributed by atoms with Crippen molar-refractivity contribution in [1.29, 1.82) is 0 Å². The molecule has 0 aliphatic heterocycles. The van der Waals surface area contributed by atoms with E-state index in [9.17, 15) is 4.79 Å². The molecule has 0 aromatic carbocycles. The first-order valence-corrected chi connectivity index (χ1v) is 6.87. The van der Waals surface area contributed by atoms with Crippen LogP contribution in [-0.4, -0.2) is 46.7 Å². The molecule has 1 N–H and O–H groups in total. The normalized spacial score (nSPS) is 11.1. The van der Waals surface area contributed by atoms with Crippen LogP contribution in [0.25, 0.3) is 0 Å². The molecule has 0 aromatic heterocycles. The summed E-state index contributed by atoms with van der Waals surface area (Å²) in [7, 11) is 0.570. The summed E-state index contributed by atoms with van der Waals surface area (Å²) < 4.78 is 15.1. The fourth-order valence-corrected chi connectivity index (χ4v) is 2.74. The molecular formula is C9H18O5Si. The van der Waals surface area contributed by atoms with Crippen molar-refractivity contribution in [1.82, 2.24) is 0 Å². The summed E-state index contributed by atoms with van der Waals surface area (Å²) in [6.07, 6.45) is 1.62. The van der Waals surface area contributed by atoms with Gasteiger partial charge in [0.15, 0.2) is 0 Å². The summed E-state index contributed by atoms with van der Waals surface area (Å²) >= 11 is 0.